The normalized spacial score (nSPS) is 15.1. The van der Waals surface area contributed by atoms with Crippen LogP contribution in [0.5, 0.6) is 0 Å². The van der Waals surface area contributed by atoms with Gasteiger partial charge in [-0.05, 0) is 60.2 Å². The maximum absolute atomic E-state index is 14.8. The van der Waals surface area contributed by atoms with Gasteiger partial charge in [-0.15, -0.1) is 0 Å². The smallest absolute Gasteiger partial charge is 0.262 e. The molecule has 0 saturated carbocycles. The predicted molar refractivity (Wildman–Crippen MR) is 176 cm³/mol. The molecule has 3 heterocycles. The number of halogens is 2. The number of nitrogens with zero attached hydrogens (tertiary/aromatic N) is 4. The Bertz CT molecular complexity index is 1910. The highest BCUT2D eigenvalue weighted by atomic mass is 35.5. The van der Waals surface area contributed by atoms with E-state index in [0.29, 0.717) is 24.3 Å². The van der Waals surface area contributed by atoms with Crippen LogP contribution in [0.1, 0.15) is 63.3 Å². The molecule has 2 aliphatic rings. The van der Waals surface area contributed by atoms with Gasteiger partial charge in [0, 0.05) is 25.0 Å². The highest BCUT2D eigenvalue weighted by molar-refractivity contribution is 6.33. The third kappa shape index (κ3) is 5.99. The number of hydrogen-bond donors (Lipinski definition) is 3. The second-order valence-corrected chi connectivity index (χ2v) is 12.3. The monoisotopic (exact) mass is 655 g/mol. The van der Waals surface area contributed by atoms with Crippen molar-refractivity contribution < 1.29 is 23.6 Å². The predicted octanol–water partition coefficient (Wildman–Crippen LogP) is 5.82. The molecule has 4 amide bonds. The Morgan fingerprint density at radius 3 is 2.43 bits per heavy atom. The van der Waals surface area contributed by atoms with Gasteiger partial charge in [-0.25, -0.2) is 9.37 Å². The summed E-state index contributed by atoms with van der Waals surface area (Å²) in [6, 6.07) is 16.2. The molecule has 240 valence electrons. The van der Waals surface area contributed by atoms with Crippen molar-refractivity contribution in [3.63, 3.8) is 0 Å². The Morgan fingerprint density at radius 2 is 1.72 bits per heavy atom. The molecule has 0 unspecified atom stereocenters. The number of imide groups is 1. The molecule has 1 aromatic heterocycles. The number of hydrogen-bond acceptors (Lipinski definition) is 8. The van der Waals surface area contributed by atoms with Crippen molar-refractivity contribution in [1.29, 1.82) is 0 Å². The molecule has 0 fully saturated rings. The third-order valence-electron chi connectivity index (χ3n) is 8.40. The molecule has 47 heavy (non-hydrogen) atoms. The number of rotatable bonds is 7. The van der Waals surface area contributed by atoms with Crippen LogP contribution in [0.2, 0.25) is 5.02 Å². The van der Waals surface area contributed by atoms with Gasteiger partial charge in [-0.3, -0.25) is 24.1 Å². The lowest BCUT2D eigenvalue weighted by Crippen LogP contribution is -2.43. The minimum absolute atomic E-state index is 0.0630. The van der Waals surface area contributed by atoms with E-state index in [0.717, 1.165) is 16.9 Å². The molecule has 0 atom stereocenters. The molecule has 0 radical (unpaired) electrons. The van der Waals surface area contributed by atoms with Gasteiger partial charge in [0.15, 0.2) is 5.82 Å². The van der Waals surface area contributed by atoms with E-state index in [1.54, 1.807) is 35.2 Å². The molecule has 13 heteroatoms. The summed E-state index contributed by atoms with van der Waals surface area (Å²) in [6.07, 6.45) is 2.86. The second kappa shape index (κ2) is 12.4. The number of para-hydroxylation sites is 1. The van der Waals surface area contributed by atoms with Gasteiger partial charge >= 0.3 is 0 Å². The Kier molecular flexibility index (Phi) is 8.37. The van der Waals surface area contributed by atoms with Gasteiger partial charge < -0.3 is 20.9 Å². The highest BCUT2D eigenvalue weighted by Crippen LogP contribution is 2.41. The summed E-state index contributed by atoms with van der Waals surface area (Å²) in [5, 5.41) is 8.52. The van der Waals surface area contributed by atoms with Gasteiger partial charge in [-0.2, -0.15) is 4.98 Å². The van der Waals surface area contributed by atoms with Crippen molar-refractivity contribution >= 4 is 64.1 Å². The van der Waals surface area contributed by atoms with Gasteiger partial charge in [0.2, 0.25) is 11.9 Å². The minimum Gasteiger partial charge on any atom is -0.355 e. The molecular formula is C34H31ClFN7O4. The summed E-state index contributed by atoms with van der Waals surface area (Å²) < 4.78 is 14.8. The lowest BCUT2D eigenvalue weighted by Gasteiger charge is -2.29. The SMILES string of the molecule is CNC(=O)c1cccc(F)c1Nc1nc(Nc2ccc3c(c2)N(C(=O)CN2C(=O)c4ccccc4C2=O)CCCC3(C)C)ncc1Cl. The average molecular weight is 656 g/mol. The summed E-state index contributed by atoms with van der Waals surface area (Å²) in [5.74, 6) is -2.36. The van der Waals surface area contributed by atoms with E-state index in [1.807, 2.05) is 12.1 Å². The molecule has 0 aliphatic carbocycles. The molecular weight excluding hydrogens is 625 g/mol. The number of nitrogens with one attached hydrogen (secondary N) is 3. The molecule has 3 aromatic carbocycles. The van der Waals surface area contributed by atoms with Crippen LogP contribution in [0.4, 0.5) is 33.2 Å². The van der Waals surface area contributed by atoms with Crippen LogP contribution < -0.4 is 20.9 Å². The summed E-state index contributed by atoms with van der Waals surface area (Å²) in [5.41, 5.74) is 2.37. The zero-order valence-electron chi connectivity index (χ0n) is 25.9. The number of anilines is 5. The first-order valence-corrected chi connectivity index (χ1v) is 15.3. The van der Waals surface area contributed by atoms with Crippen LogP contribution in [0.3, 0.4) is 0 Å². The van der Waals surface area contributed by atoms with Gasteiger partial charge in [0.25, 0.3) is 17.7 Å². The first kappa shape index (κ1) is 31.6. The first-order valence-electron chi connectivity index (χ1n) is 15.0. The Hall–Kier alpha value is -5.36. The van der Waals surface area contributed by atoms with Crippen molar-refractivity contribution in [2.24, 2.45) is 0 Å². The minimum atomic E-state index is -0.672. The first-order chi connectivity index (χ1) is 22.5. The summed E-state index contributed by atoms with van der Waals surface area (Å²) in [4.78, 5) is 63.5. The maximum atomic E-state index is 14.8. The fourth-order valence-corrected chi connectivity index (χ4v) is 6.08. The van der Waals surface area contributed by atoms with E-state index in [4.69, 9.17) is 11.6 Å². The Labute approximate surface area is 275 Å². The fourth-order valence-electron chi connectivity index (χ4n) is 5.94. The average Bonchev–Trinajstić information content (AvgIpc) is 3.20. The summed E-state index contributed by atoms with van der Waals surface area (Å²) in [7, 11) is 1.44. The van der Waals surface area contributed by atoms with Crippen molar-refractivity contribution in [1.82, 2.24) is 20.2 Å². The molecule has 0 spiro atoms. The van der Waals surface area contributed by atoms with E-state index < -0.39 is 30.1 Å². The Balaban J connectivity index is 1.29. The molecule has 4 aromatic rings. The number of carbonyl (C=O) groups excluding carboxylic acids is 4. The van der Waals surface area contributed by atoms with E-state index in [2.05, 4.69) is 39.8 Å². The lowest BCUT2D eigenvalue weighted by atomic mass is 9.80. The largest absolute Gasteiger partial charge is 0.355 e. The van der Waals surface area contributed by atoms with Gasteiger partial charge in [0.1, 0.15) is 17.4 Å². The standard InChI is InChI=1S/C34H31ClFN7O4/c1-34(2)14-7-15-42(27(44)18-43-31(46)20-8-4-5-9-21(20)32(43)47)26-16-19(12-13-23(26)34)39-33-38-17-24(35)29(41-33)40-28-22(30(45)37-3)10-6-11-25(28)36/h4-6,8-13,16-17H,7,14-15,18H2,1-3H3,(H,37,45)(H2,38,39,40,41). The van der Waals surface area contributed by atoms with E-state index in [9.17, 15) is 23.6 Å². The van der Waals surface area contributed by atoms with Crippen LogP contribution in [-0.4, -0.2) is 58.6 Å². The second-order valence-electron chi connectivity index (χ2n) is 11.9. The zero-order chi connectivity index (χ0) is 33.5. The quantitative estimate of drug-likeness (QED) is 0.212. The van der Waals surface area contributed by atoms with Crippen LogP contribution in [0.25, 0.3) is 0 Å². The van der Waals surface area contributed by atoms with Gasteiger partial charge in [0.05, 0.1) is 28.6 Å². The van der Waals surface area contributed by atoms with E-state index in [-0.39, 0.29) is 50.5 Å². The van der Waals surface area contributed by atoms with Crippen LogP contribution in [0.15, 0.2) is 66.9 Å². The topological polar surface area (TPSA) is 137 Å². The van der Waals surface area contributed by atoms with Crippen molar-refractivity contribution in [2.45, 2.75) is 32.1 Å². The lowest BCUT2D eigenvalue weighted by molar-refractivity contribution is -0.119. The number of carbonyl (C=O) groups is 4. The van der Waals surface area contributed by atoms with Crippen LogP contribution in [-0.2, 0) is 10.2 Å². The van der Waals surface area contributed by atoms with Crippen LogP contribution in [0, 0.1) is 5.82 Å². The number of fused-ring (bicyclic) bond motifs is 2. The molecule has 0 saturated heterocycles. The molecule has 3 N–H and O–H groups in total. The summed E-state index contributed by atoms with van der Waals surface area (Å²) >= 11 is 6.35. The van der Waals surface area contributed by atoms with Crippen molar-refractivity contribution in [3.05, 3.63) is 100.0 Å². The maximum Gasteiger partial charge on any atom is 0.262 e. The fraction of sp³-hybridized carbons (Fsp3) is 0.235. The van der Waals surface area contributed by atoms with E-state index in [1.165, 1.54) is 31.4 Å². The highest BCUT2D eigenvalue weighted by Gasteiger charge is 2.38. The molecule has 2 aliphatic heterocycles. The summed E-state index contributed by atoms with van der Waals surface area (Å²) in [6.45, 7) is 4.21. The van der Waals surface area contributed by atoms with Gasteiger partial charge in [-0.1, -0.05) is 49.7 Å². The van der Waals surface area contributed by atoms with Crippen molar-refractivity contribution in [3.8, 4) is 0 Å². The van der Waals surface area contributed by atoms with E-state index >= 15 is 0 Å². The molecule has 11 nitrogen and oxygen atoms in total. The zero-order valence-corrected chi connectivity index (χ0v) is 26.6. The third-order valence-corrected chi connectivity index (χ3v) is 8.68. The van der Waals surface area contributed by atoms with Crippen LogP contribution >= 0.6 is 11.6 Å². The van der Waals surface area contributed by atoms with Crippen molar-refractivity contribution in [2.75, 3.05) is 35.7 Å². The number of benzene rings is 3. The number of amides is 4. The molecule has 6 rings (SSSR count). The Morgan fingerprint density at radius 1 is 1.00 bits per heavy atom. The molecule has 0 bridgehead atoms. The number of aromatic nitrogens is 2.